The predicted molar refractivity (Wildman–Crippen MR) is 78.9 cm³/mol. The lowest BCUT2D eigenvalue weighted by Crippen LogP contribution is -2.14. The number of nitrogens with one attached hydrogen (secondary N) is 1. The van der Waals surface area contributed by atoms with Crippen LogP contribution in [0.1, 0.15) is 51.5 Å². The van der Waals surface area contributed by atoms with Crippen molar-refractivity contribution >= 4 is 11.6 Å². The number of aliphatic hydroxyl groups excluding tert-OH is 1. The normalized spacial score (nSPS) is 13.1. The molecule has 6 heteroatoms. The quantitative estimate of drug-likeness (QED) is 0.811. The monoisotopic (exact) mass is 277 g/mol. The summed E-state index contributed by atoms with van der Waals surface area (Å²) in [5.74, 6) is 0.963. The molecule has 0 spiro atoms. The largest absolute Gasteiger partial charge is 0.393 e. The smallest absolute Gasteiger partial charge is 0.226 e. The van der Waals surface area contributed by atoms with Gasteiger partial charge in [0, 0.05) is 12.1 Å². The Morgan fingerprint density at radius 3 is 2.85 bits per heavy atom. The number of aliphatic hydroxyl groups is 1. The van der Waals surface area contributed by atoms with E-state index in [4.69, 9.17) is 0 Å². The molecule has 0 radical (unpaired) electrons. The van der Waals surface area contributed by atoms with Crippen LogP contribution in [0.25, 0.3) is 5.65 Å². The van der Waals surface area contributed by atoms with Crippen LogP contribution < -0.4 is 5.32 Å². The van der Waals surface area contributed by atoms with Crippen molar-refractivity contribution < 1.29 is 5.11 Å². The Morgan fingerprint density at radius 1 is 1.35 bits per heavy atom. The molecule has 2 heterocycles. The van der Waals surface area contributed by atoms with Crippen molar-refractivity contribution in [2.45, 2.75) is 52.1 Å². The first-order chi connectivity index (χ1) is 9.61. The molecule has 0 saturated carbocycles. The number of hydrogen-bond acceptors (Lipinski definition) is 5. The average molecular weight is 277 g/mol. The van der Waals surface area contributed by atoms with Gasteiger partial charge in [0.1, 0.15) is 6.33 Å². The van der Waals surface area contributed by atoms with Crippen LogP contribution in [0.2, 0.25) is 0 Å². The van der Waals surface area contributed by atoms with Crippen molar-refractivity contribution in [2.24, 2.45) is 0 Å². The zero-order valence-electron chi connectivity index (χ0n) is 12.4. The molecule has 2 rings (SSSR count). The van der Waals surface area contributed by atoms with Crippen molar-refractivity contribution in [3.63, 3.8) is 0 Å². The highest BCUT2D eigenvalue weighted by molar-refractivity contribution is 5.50. The maximum Gasteiger partial charge on any atom is 0.226 e. The van der Waals surface area contributed by atoms with Crippen molar-refractivity contribution in [1.82, 2.24) is 19.6 Å². The Kier molecular flexibility index (Phi) is 4.89. The first-order valence-corrected chi connectivity index (χ1v) is 7.24. The van der Waals surface area contributed by atoms with Crippen molar-refractivity contribution in [3.05, 3.63) is 18.1 Å². The lowest BCUT2D eigenvalue weighted by atomic mass is 10.1. The minimum Gasteiger partial charge on any atom is -0.393 e. The number of aromatic nitrogens is 4. The molecule has 6 nitrogen and oxygen atoms in total. The Labute approximate surface area is 119 Å². The van der Waals surface area contributed by atoms with E-state index in [1.54, 1.807) is 10.8 Å². The van der Waals surface area contributed by atoms with E-state index in [0.29, 0.717) is 24.8 Å². The summed E-state index contributed by atoms with van der Waals surface area (Å²) in [6.45, 7) is 6.98. The number of rotatable bonds is 7. The summed E-state index contributed by atoms with van der Waals surface area (Å²) in [5, 5.41) is 17.1. The summed E-state index contributed by atoms with van der Waals surface area (Å²) < 4.78 is 1.69. The summed E-state index contributed by atoms with van der Waals surface area (Å²) in [6.07, 6.45) is 5.79. The van der Waals surface area contributed by atoms with Crippen LogP contribution in [0, 0.1) is 0 Å². The molecule has 20 heavy (non-hydrogen) atoms. The topological polar surface area (TPSA) is 75.3 Å². The standard InChI is InChI=1S/C14H23N5O/c1-4-5-11(20)6-7-15-14-16-9-19-13(18-14)12(8-17-19)10(2)3/h8-11,20H,4-7H2,1-3H3,(H,15,18). The van der Waals surface area contributed by atoms with Gasteiger partial charge in [0.25, 0.3) is 0 Å². The second-order valence-corrected chi connectivity index (χ2v) is 5.36. The van der Waals surface area contributed by atoms with E-state index >= 15 is 0 Å². The van der Waals surface area contributed by atoms with Gasteiger partial charge in [-0.05, 0) is 18.8 Å². The summed E-state index contributed by atoms with van der Waals surface area (Å²) in [6, 6.07) is 0. The van der Waals surface area contributed by atoms with E-state index in [1.165, 1.54) is 0 Å². The fourth-order valence-electron chi connectivity index (χ4n) is 2.13. The van der Waals surface area contributed by atoms with E-state index < -0.39 is 0 Å². The van der Waals surface area contributed by atoms with Crippen LogP contribution in [0.15, 0.2) is 12.5 Å². The summed E-state index contributed by atoms with van der Waals surface area (Å²) in [5.41, 5.74) is 1.95. The Balaban J connectivity index is 2.02. The Morgan fingerprint density at radius 2 is 2.15 bits per heavy atom. The summed E-state index contributed by atoms with van der Waals surface area (Å²) in [7, 11) is 0. The van der Waals surface area contributed by atoms with Gasteiger partial charge in [0.2, 0.25) is 5.95 Å². The molecule has 0 aliphatic carbocycles. The Hall–Kier alpha value is -1.69. The van der Waals surface area contributed by atoms with E-state index in [2.05, 4.69) is 41.2 Å². The maximum absolute atomic E-state index is 9.69. The molecular weight excluding hydrogens is 254 g/mol. The van der Waals surface area contributed by atoms with E-state index in [1.807, 2.05) is 6.20 Å². The van der Waals surface area contributed by atoms with Crippen molar-refractivity contribution in [3.8, 4) is 0 Å². The molecule has 0 aromatic carbocycles. The highest BCUT2D eigenvalue weighted by Gasteiger charge is 2.10. The number of anilines is 1. The van der Waals surface area contributed by atoms with Crippen LogP contribution in [0.4, 0.5) is 5.95 Å². The highest BCUT2D eigenvalue weighted by atomic mass is 16.3. The molecule has 0 bridgehead atoms. The fourth-order valence-corrected chi connectivity index (χ4v) is 2.13. The molecule has 0 aliphatic rings. The molecule has 110 valence electrons. The van der Waals surface area contributed by atoms with Gasteiger partial charge < -0.3 is 10.4 Å². The fraction of sp³-hybridized carbons (Fsp3) is 0.643. The van der Waals surface area contributed by atoms with Crippen molar-refractivity contribution in [1.29, 1.82) is 0 Å². The number of nitrogens with zero attached hydrogens (tertiary/aromatic N) is 4. The van der Waals surface area contributed by atoms with Crippen LogP contribution in [-0.4, -0.2) is 37.3 Å². The third-order valence-electron chi connectivity index (χ3n) is 3.30. The second-order valence-electron chi connectivity index (χ2n) is 5.36. The third-order valence-corrected chi connectivity index (χ3v) is 3.30. The molecule has 1 unspecified atom stereocenters. The number of hydrogen-bond donors (Lipinski definition) is 2. The van der Waals surface area contributed by atoms with Gasteiger partial charge in [-0.2, -0.15) is 10.1 Å². The highest BCUT2D eigenvalue weighted by Crippen LogP contribution is 2.18. The van der Waals surface area contributed by atoms with Crippen LogP contribution >= 0.6 is 0 Å². The molecule has 0 aliphatic heterocycles. The van der Waals surface area contributed by atoms with Gasteiger partial charge in [-0.3, -0.25) is 0 Å². The minimum atomic E-state index is -0.252. The van der Waals surface area contributed by atoms with Crippen LogP contribution in [0.5, 0.6) is 0 Å². The van der Waals surface area contributed by atoms with Gasteiger partial charge in [-0.1, -0.05) is 27.2 Å². The molecule has 0 fully saturated rings. The van der Waals surface area contributed by atoms with E-state index in [0.717, 1.165) is 24.1 Å². The molecule has 2 aromatic rings. The molecular formula is C14H23N5O. The zero-order valence-corrected chi connectivity index (χ0v) is 12.4. The summed E-state index contributed by atoms with van der Waals surface area (Å²) in [4.78, 5) is 8.71. The van der Waals surface area contributed by atoms with E-state index in [9.17, 15) is 5.11 Å². The minimum absolute atomic E-state index is 0.252. The number of fused-ring (bicyclic) bond motifs is 1. The maximum atomic E-state index is 9.69. The molecule has 2 aromatic heterocycles. The SMILES string of the molecule is CCCC(O)CCNc1ncn2ncc(C(C)C)c2n1. The summed E-state index contributed by atoms with van der Waals surface area (Å²) >= 11 is 0. The van der Waals surface area contributed by atoms with Gasteiger partial charge in [0.15, 0.2) is 5.65 Å². The van der Waals surface area contributed by atoms with Gasteiger partial charge in [-0.15, -0.1) is 0 Å². The first kappa shape index (κ1) is 14.7. The lowest BCUT2D eigenvalue weighted by molar-refractivity contribution is 0.157. The molecule has 2 N–H and O–H groups in total. The predicted octanol–water partition coefficient (Wildman–Crippen LogP) is 2.21. The van der Waals surface area contributed by atoms with E-state index in [-0.39, 0.29) is 6.10 Å². The van der Waals surface area contributed by atoms with Crippen LogP contribution in [-0.2, 0) is 0 Å². The van der Waals surface area contributed by atoms with Crippen molar-refractivity contribution in [2.75, 3.05) is 11.9 Å². The first-order valence-electron chi connectivity index (χ1n) is 7.24. The Bertz CT molecular complexity index is 551. The molecule has 0 amide bonds. The lowest BCUT2D eigenvalue weighted by Gasteiger charge is -2.10. The van der Waals surface area contributed by atoms with Gasteiger partial charge in [0.05, 0.1) is 12.3 Å². The van der Waals surface area contributed by atoms with Crippen LogP contribution in [0.3, 0.4) is 0 Å². The molecule has 1 atom stereocenters. The van der Waals surface area contributed by atoms with Gasteiger partial charge >= 0.3 is 0 Å². The average Bonchev–Trinajstić information content (AvgIpc) is 2.82. The second kappa shape index (κ2) is 6.65. The molecule has 0 saturated heterocycles. The third kappa shape index (κ3) is 3.45. The van der Waals surface area contributed by atoms with Gasteiger partial charge in [-0.25, -0.2) is 9.50 Å². The zero-order chi connectivity index (χ0) is 14.5.